The van der Waals surface area contributed by atoms with Crippen LogP contribution in [0.1, 0.15) is 32.3 Å². The van der Waals surface area contributed by atoms with Gasteiger partial charge in [-0.15, -0.1) is 0 Å². The molecule has 1 aromatic rings. The van der Waals surface area contributed by atoms with E-state index in [0.717, 1.165) is 39.0 Å². The van der Waals surface area contributed by atoms with E-state index in [0.29, 0.717) is 25.2 Å². The van der Waals surface area contributed by atoms with Crippen molar-refractivity contribution in [2.45, 2.75) is 51.4 Å². The molecule has 2 fully saturated rings. The topological polar surface area (TPSA) is 47.0 Å². The Morgan fingerprint density at radius 1 is 1.28 bits per heavy atom. The van der Waals surface area contributed by atoms with Crippen molar-refractivity contribution in [2.75, 3.05) is 32.7 Å². The van der Waals surface area contributed by atoms with Gasteiger partial charge in [-0.1, -0.05) is 30.3 Å². The summed E-state index contributed by atoms with van der Waals surface area (Å²) in [5.41, 5.74) is 1.21. The summed E-state index contributed by atoms with van der Waals surface area (Å²) in [7, 11) is 0. The van der Waals surface area contributed by atoms with E-state index in [1.807, 2.05) is 25.1 Å². The van der Waals surface area contributed by atoms with Gasteiger partial charge in [0.2, 0.25) is 5.91 Å². The van der Waals surface area contributed by atoms with Crippen LogP contribution in [0.4, 0.5) is 0 Å². The summed E-state index contributed by atoms with van der Waals surface area (Å²) < 4.78 is 0. The Kier molecular flexibility index (Phi) is 6.10. The first kappa shape index (κ1) is 18.4. The van der Waals surface area contributed by atoms with Crippen LogP contribution in [0.3, 0.4) is 0 Å². The van der Waals surface area contributed by atoms with Crippen LogP contribution < -0.4 is 0 Å². The van der Waals surface area contributed by atoms with Crippen LogP contribution in [0.5, 0.6) is 0 Å². The molecule has 1 aliphatic carbocycles. The van der Waals surface area contributed by atoms with Gasteiger partial charge in [0.1, 0.15) is 0 Å². The van der Waals surface area contributed by atoms with Crippen molar-refractivity contribution in [1.29, 1.82) is 0 Å². The summed E-state index contributed by atoms with van der Waals surface area (Å²) in [6.07, 6.45) is 1.97. The number of piperazine rings is 1. The number of rotatable bonds is 7. The molecular formula is C20H31N3O2. The van der Waals surface area contributed by atoms with E-state index in [4.69, 9.17) is 0 Å². The Balaban J connectivity index is 1.53. The second kappa shape index (κ2) is 8.30. The molecule has 138 valence electrons. The van der Waals surface area contributed by atoms with Gasteiger partial charge in [0.05, 0.1) is 12.6 Å². The average molecular weight is 345 g/mol. The molecule has 2 unspecified atom stereocenters. The fourth-order valence-electron chi connectivity index (χ4n) is 3.69. The van der Waals surface area contributed by atoms with Gasteiger partial charge >= 0.3 is 0 Å². The zero-order valence-electron chi connectivity index (χ0n) is 15.5. The molecule has 25 heavy (non-hydrogen) atoms. The lowest BCUT2D eigenvalue weighted by Crippen LogP contribution is -2.55. The highest BCUT2D eigenvalue weighted by molar-refractivity contribution is 5.79. The highest BCUT2D eigenvalue weighted by Gasteiger charge is 2.34. The number of β-amino-alcohol motifs (C(OH)–C–C–N with tert-alkyl or cyclic N) is 1. The van der Waals surface area contributed by atoms with E-state index in [-0.39, 0.29) is 12.0 Å². The second-order valence-electron chi connectivity index (χ2n) is 7.67. The molecule has 0 aromatic heterocycles. The van der Waals surface area contributed by atoms with Crippen LogP contribution in [-0.2, 0) is 11.3 Å². The molecule has 2 atom stereocenters. The molecule has 1 aromatic carbocycles. The molecule has 1 aliphatic heterocycles. The predicted molar refractivity (Wildman–Crippen MR) is 99.2 cm³/mol. The number of hydrogen-bond donors (Lipinski definition) is 1. The number of amides is 1. The van der Waals surface area contributed by atoms with Crippen molar-refractivity contribution in [1.82, 2.24) is 14.7 Å². The van der Waals surface area contributed by atoms with Gasteiger partial charge < -0.3 is 10.0 Å². The molecule has 2 aliphatic rings. The highest BCUT2D eigenvalue weighted by Crippen LogP contribution is 2.28. The quantitative estimate of drug-likeness (QED) is 0.815. The maximum atomic E-state index is 12.9. The fourth-order valence-corrected chi connectivity index (χ4v) is 3.69. The number of aliphatic hydroxyl groups excluding tert-OH is 1. The van der Waals surface area contributed by atoms with Crippen LogP contribution >= 0.6 is 0 Å². The van der Waals surface area contributed by atoms with E-state index in [9.17, 15) is 9.90 Å². The summed E-state index contributed by atoms with van der Waals surface area (Å²) in [5, 5.41) is 9.60. The van der Waals surface area contributed by atoms with E-state index in [1.54, 1.807) is 0 Å². The molecule has 1 N–H and O–H groups in total. The third-order valence-electron chi connectivity index (χ3n) is 5.21. The van der Waals surface area contributed by atoms with E-state index in [1.165, 1.54) is 5.56 Å². The zero-order chi connectivity index (χ0) is 17.8. The number of benzene rings is 1. The van der Waals surface area contributed by atoms with E-state index in [2.05, 4.69) is 33.8 Å². The molecule has 1 heterocycles. The van der Waals surface area contributed by atoms with Crippen LogP contribution in [0.2, 0.25) is 0 Å². The maximum absolute atomic E-state index is 12.9. The molecule has 5 nitrogen and oxygen atoms in total. The van der Waals surface area contributed by atoms with E-state index >= 15 is 0 Å². The summed E-state index contributed by atoms with van der Waals surface area (Å²) in [5.74, 6) is 0.252. The minimum atomic E-state index is -0.299. The molecule has 0 spiro atoms. The molecule has 1 amide bonds. The Bertz CT molecular complexity index is 559. The molecule has 1 saturated carbocycles. The highest BCUT2D eigenvalue weighted by atomic mass is 16.3. The van der Waals surface area contributed by atoms with Crippen molar-refractivity contribution in [3.63, 3.8) is 0 Å². The summed E-state index contributed by atoms with van der Waals surface area (Å²) in [6.45, 7) is 8.67. The smallest absolute Gasteiger partial charge is 0.237 e. The molecule has 0 radical (unpaired) electrons. The van der Waals surface area contributed by atoms with Crippen LogP contribution in [0.25, 0.3) is 0 Å². The molecule has 1 saturated heterocycles. The van der Waals surface area contributed by atoms with Crippen LogP contribution in [0, 0.1) is 0 Å². The number of carbonyl (C=O) groups excluding carboxylic acids is 1. The Morgan fingerprint density at radius 3 is 2.60 bits per heavy atom. The van der Waals surface area contributed by atoms with Crippen LogP contribution in [-0.4, -0.2) is 76.6 Å². The lowest BCUT2D eigenvalue weighted by atomic mass is 10.1. The molecule has 3 rings (SSSR count). The maximum Gasteiger partial charge on any atom is 0.237 e. The lowest BCUT2D eigenvalue weighted by Gasteiger charge is -2.40. The summed E-state index contributed by atoms with van der Waals surface area (Å²) in [6, 6.07) is 11.1. The molecular weight excluding hydrogens is 314 g/mol. The van der Waals surface area contributed by atoms with Gasteiger partial charge in [-0.3, -0.25) is 14.6 Å². The van der Waals surface area contributed by atoms with Crippen molar-refractivity contribution in [2.24, 2.45) is 0 Å². The first-order chi connectivity index (χ1) is 12.0. The van der Waals surface area contributed by atoms with Gasteiger partial charge in [0.25, 0.3) is 0 Å². The number of nitrogens with zero attached hydrogens (tertiary/aromatic N) is 3. The first-order valence-electron chi connectivity index (χ1n) is 9.51. The third kappa shape index (κ3) is 5.27. The monoisotopic (exact) mass is 345 g/mol. The fraction of sp³-hybridized carbons (Fsp3) is 0.650. The Labute approximate surface area is 151 Å². The first-order valence-corrected chi connectivity index (χ1v) is 9.51. The van der Waals surface area contributed by atoms with Crippen molar-refractivity contribution in [3.8, 4) is 0 Å². The normalized spacial score (nSPS) is 23.4. The Morgan fingerprint density at radius 2 is 2.00 bits per heavy atom. The largest absolute Gasteiger partial charge is 0.392 e. The SMILES string of the molecule is CC(O)CN1CCN(CC(=O)N(Cc2ccccc2)C2CC2)CC1C. The van der Waals surface area contributed by atoms with Gasteiger partial charge in [0.15, 0.2) is 0 Å². The number of hydrogen-bond acceptors (Lipinski definition) is 4. The van der Waals surface area contributed by atoms with Crippen molar-refractivity contribution >= 4 is 5.91 Å². The van der Waals surface area contributed by atoms with Gasteiger partial charge in [-0.2, -0.15) is 0 Å². The van der Waals surface area contributed by atoms with Crippen molar-refractivity contribution in [3.05, 3.63) is 35.9 Å². The Hall–Kier alpha value is -1.43. The van der Waals surface area contributed by atoms with Crippen LogP contribution in [0.15, 0.2) is 30.3 Å². The average Bonchev–Trinajstić information content (AvgIpc) is 3.40. The lowest BCUT2D eigenvalue weighted by molar-refractivity contribution is -0.134. The van der Waals surface area contributed by atoms with Crippen molar-refractivity contribution < 1.29 is 9.90 Å². The zero-order valence-corrected chi connectivity index (χ0v) is 15.5. The van der Waals surface area contributed by atoms with E-state index < -0.39 is 0 Å². The summed E-state index contributed by atoms with van der Waals surface area (Å²) >= 11 is 0. The second-order valence-corrected chi connectivity index (χ2v) is 7.67. The standard InChI is InChI=1S/C20H31N3O2/c1-16-12-21(10-11-22(16)13-17(2)24)15-20(25)23(19-8-9-19)14-18-6-4-3-5-7-18/h3-7,16-17,19,24H,8-15H2,1-2H3. The molecule has 5 heteroatoms. The third-order valence-corrected chi connectivity index (χ3v) is 5.21. The minimum Gasteiger partial charge on any atom is -0.392 e. The number of aliphatic hydroxyl groups is 1. The van der Waals surface area contributed by atoms with Gasteiger partial charge in [-0.25, -0.2) is 0 Å². The minimum absolute atomic E-state index is 0.252. The van der Waals surface area contributed by atoms with Gasteiger partial charge in [0, 0.05) is 44.8 Å². The predicted octanol–water partition coefficient (Wildman–Crippen LogP) is 1.56. The number of carbonyl (C=O) groups is 1. The van der Waals surface area contributed by atoms with Gasteiger partial charge in [-0.05, 0) is 32.3 Å². The molecule has 0 bridgehead atoms. The summed E-state index contributed by atoms with van der Waals surface area (Å²) in [4.78, 5) is 19.5.